The van der Waals surface area contributed by atoms with Gasteiger partial charge in [-0.2, -0.15) is 5.10 Å². The summed E-state index contributed by atoms with van der Waals surface area (Å²) in [5.41, 5.74) is 0.358. The molecule has 1 aromatic carbocycles. The fraction of sp³-hybridized carbons (Fsp3) is 0.154. The Morgan fingerprint density at radius 2 is 2.20 bits per heavy atom. The highest BCUT2D eigenvalue weighted by Gasteiger charge is 2.11. The molecule has 3 rings (SSSR count). The Balaban J connectivity index is 2.12. The van der Waals surface area contributed by atoms with Gasteiger partial charge in [0, 0.05) is 23.8 Å². The standard InChI is InChI=1S/C13H10ClFN4O/c1-18-5-9-12(17-18)16-7-19(13(9)20)6-8-10(14)3-2-4-11(8)15/h2-5,7H,6H2,1H3. The summed E-state index contributed by atoms with van der Waals surface area (Å²) in [6.07, 6.45) is 2.94. The van der Waals surface area contributed by atoms with E-state index in [2.05, 4.69) is 10.1 Å². The van der Waals surface area contributed by atoms with E-state index in [4.69, 9.17) is 11.6 Å². The molecule has 0 N–H and O–H groups in total. The van der Waals surface area contributed by atoms with Gasteiger partial charge in [-0.15, -0.1) is 0 Å². The minimum Gasteiger partial charge on any atom is -0.294 e. The normalized spacial score (nSPS) is 11.2. The first kappa shape index (κ1) is 12.8. The Hall–Kier alpha value is -2.21. The maximum Gasteiger partial charge on any atom is 0.264 e. The minimum atomic E-state index is -0.448. The average Bonchev–Trinajstić information content (AvgIpc) is 2.78. The van der Waals surface area contributed by atoms with E-state index in [1.165, 1.54) is 27.7 Å². The number of fused-ring (bicyclic) bond motifs is 1. The summed E-state index contributed by atoms with van der Waals surface area (Å²) in [7, 11) is 1.71. The van der Waals surface area contributed by atoms with Gasteiger partial charge >= 0.3 is 0 Å². The van der Waals surface area contributed by atoms with Crippen molar-refractivity contribution < 1.29 is 4.39 Å². The van der Waals surface area contributed by atoms with Crippen LogP contribution in [0, 0.1) is 5.82 Å². The third kappa shape index (κ3) is 2.08. The van der Waals surface area contributed by atoms with Crippen LogP contribution in [-0.2, 0) is 13.6 Å². The van der Waals surface area contributed by atoms with Gasteiger partial charge in [0.15, 0.2) is 5.65 Å². The van der Waals surface area contributed by atoms with Crippen molar-refractivity contribution in [1.82, 2.24) is 19.3 Å². The number of aromatic nitrogens is 4. The van der Waals surface area contributed by atoms with Crippen LogP contribution in [0.5, 0.6) is 0 Å². The summed E-state index contributed by atoms with van der Waals surface area (Å²) in [6, 6.07) is 4.41. The Morgan fingerprint density at radius 3 is 2.95 bits per heavy atom. The SMILES string of the molecule is Cn1cc2c(=O)n(Cc3c(F)cccc3Cl)cnc2n1. The molecule has 0 aliphatic heterocycles. The van der Waals surface area contributed by atoms with Crippen molar-refractivity contribution in [2.24, 2.45) is 7.05 Å². The van der Waals surface area contributed by atoms with Crippen LogP contribution < -0.4 is 5.56 Å². The van der Waals surface area contributed by atoms with Crippen LogP contribution in [0.15, 0.2) is 35.5 Å². The van der Waals surface area contributed by atoms with E-state index in [9.17, 15) is 9.18 Å². The van der Waals surface area contributed by atoms with Crippen molar-refractivity contribution in [1.29, 1.82) is 0 Å². The molecule has 0 bridgehead atoms. The summed E-state index contributed by atoms with van der Waals surface area (Å²) < 4.78 is 16.6. The number of rotatable bonds is 2. The van der Waals surface area contributed by atoms with Gasteiger partial charge in [-0.25, -0.2) is 9.37 Å². The molecule has 0 aliphatic carbocycles. The number of benzene rings is 1. The van der Waals surface area contributed by atoms with Gasteiger partial charge in [0.05, 0.1) is 6.54 Å². The maximum absolute atomic E-state index is 13.7. The molecule has 102 valence electrons. The van der Waals surface area contributed by atoms with Crippen LogP contribution in [0.3, 0.4) is 0 Å². The van der Waals surface area contributed by atoms with Crippen molar-refractivity contribution in [2.75, 3.05) is 0 Å². The molecule has 0 unspecified atom stereocenters. The zero-order chi connectivity index (χ0) is 14.3. The topological polar surface area (TPSA) is 52.7 Å². The number of aryl methyl sites for hydroxylation is 1. The van der Waals surface area contributed by atoms with Crippen LogP contribution in [-0.4, -0.2) is 19.3 Å². The molecular weight excluding hydrogens is 283 g/mol. The smallest absolute Gasteiger partial charge is 0.264 e. The molecule has 20 heavy (non-hydrogen) atoms. The molecule has 0 atom stereocenters. The Bertz CT molecular complexity index is 835. The first-order chi connectivity index (χ1) is 9.56. The molecule has 0 saturated carbocycles. The van der Waals surface area contributed by atoms with Gasteiger partial charge in [0.2, 0.25) is 0 Å². The van der Waals surface area contributed by atoms with Gasteiger partial charge < -0.3 is 0 Å². The van der Waals surface area contributed by atoms with Crippen LogP contribution in [0.25, 0.3) is 11.0 Å². The van der Waals surface area contributed by atoms with Crippen LogP contribution in [0.1, 0.15) is 5.56 Å². The predicted octanol–water partition coefficient (Wildman–Crippen LogP) is 1.97. The number of nitrogens with zero attached hydrogens (tertiary/aromatic N) is 4. The summed E-state index contributed by atoms with van der Waals surface area (Å²) in [5, 5.41) is 4.72. The Labute approximate surface area is 118 Å². The second-order valence-corrected chi connectivity index (χ2v) is 4.83. The van der Waals surface area contributed by atoms with Crippen molar-refractivity contribution in [2.45, 2.75) is 6.54 Å². The first-order valence-corrected chi connectivity index (χ1v) is 6.26. The van der Waals surface area contributed by atoms with Gasteiger partial charge in [0.25, 0.3) is 5.56 Å². The van der Waals surface area contributed by atoms with E-state index >= 15 is 0 Å². The lowest BCUT2D eigenvalue weighted by Crippen LogP contribution is -2.21. The molecule has 0 amide bonds. The number of hydrogen-bond acceptors (Lipinski definition) is 3. The largest absolute Gasteiger partial charge is 0.294 e. The third-order valence-corrected chi connectivity index (χ3v) is 3.36. The molecule has 3 aromatic rings. The maximum atomic E-state index is 13.7. The zero-order valence-electron chi connectivity index (χ0n) is 10.5. The lowest BCUT2D eigenvalue weighted by molar-refractivity contribution is 0.595. The quantitative estimate of drug-likeness (QED) is 0.725. The number of halogens is 2. The molecule has 0 radical (unpaired) electrons. The molecule has 7 heteroatoms. The first-order valence-electron chi connectivity index (χ1n) is 5.88. The van der Waals surface area contributed by atoms with Gasteiger partial charge in [-0.05, 0) is 12.1 Å². The van der Waals surface area contributed by atoms with Crippen LogP contribution in [0.4, 0.5) is 4.39 Å². The number of hydrogen-bond donors (Lipinski definition) is 0. The molecule has 0 aliphatic rings. The van der Waals surface area contributed by atoms with E-state index in [1.54, 1.807) is 19.3 Å². The Kier molecular flexibility index (Phi) is 3.02. The second-order valence-electron chi connectivity index (χ2n) is 4.42. The lowest BCUT2D eigenvalue weighted by atomic mass is 10.2. The summed E-state index contributed by atoms with van der Waals surface area (Å²) >= 11 is 5.96. The molecule has 2 heterocycles. The molecule has 0 saturated heterocycles. The van der Waals surface area contributed by atoms with E-state index in [0.717, 1.165) is 0 Å². The summed E-state index contributed by atoms with van der Waals surface area (Å²) in [6.45, 7) is 0.0299. The second kappa shape index (κ2) is 4.72. The van der Waals surface area contributed by atoms with E-state index in [0.29, 0.717) is 11.0 Å². The van der Waals surface area contributed by atoms with Crippen molar-refractivity contribution >= 4 is 22.6 Å². The van der Waals surface area contributed by atoms with Gasteiger partial charge in [0.1, 0.15) is 17.5 Å². The predicted molar refractivity (Wildman–Crippen MR) is 73.3 cm³/mol. The van der Waals surface area contributed by atoms with Gasteiger partial charge in [-0.1, -0.05) is 17.7 Å². The van der Waals surface area contributed by atoms with E-state index in [-0.39, 0.29) is 22.7 Å². The molecule has 5 nitrogen and oxygen atoms in total. The molecule has 0 fully saturated rings. The molecule has 2 aromatic heterocycles. The van der Waals surface area contributed by atoms with Crippen molar-refractivity contribution in [3.05, 3.63) is 57.5 Å². The van der Waals surface area contributed by atoms with Crippen molar-refractivity contribution in [3.63, 3.8) is 0 Å². The fourth-order valence-corrected chi connectivity index (χ4v) is 2.24. The lowest BCUT2D eigenvalue weighted by Gasteiger charge is -2.07. The summed E-state index contributed by atoms with van der Waals surface area (Å²) in [4.78, 5) is 16.4. The monoisotopic (exact) mass is 292 g/mol. The third-order valence-electron chi connectivity index (χ3n) is 3.01. The highest BCUT2D eigenvalue weighted by Crippen LogP contribution is 2.19. The highest BCUT2D eigenvalue weighted by atomic mass is 35.5. The Morgan fingerprint density at radius 1 is 1.40 bits per heavy atom. The molecule has 0 spiro atoms. The average molecular weight is 293 g/mol. The van der Waals surface area contributed by atoms with Crippen molar-refractivity contribution in [3.8, 4) is 0 Å². The van der Waals surface area contributed by atoms with Crippen LogP contribution >= 0.6 is 11.6 Å². The van der Waals surface area contributed by atoms with Crippen LogP contribution in [0.2, 0.25) is 5.02 Å². The fourth-order valence-electron chi connectivity index (χ4n) is 2.02. The molecular formula is C13H10ClFN4O. The van der Waals surface area contributed by atoms with E-state index in [1.807, 2.05) is 0 Å². The van der Waals surface area contributed by atoms with E-state index < -0.39 is 5.82 Å². The highest BCUT2D eigenvalue weighted by molar-refractivity contribution is 6.31. The minimum absolute atomic E-state index is 0.0299. The van der Waals surface area contributed by atoms with Gasteiger partial charge in [-0.3, -0.25) is 14.0 Å². The zero-order valence-corrected chi connectivity index (χ0v) is 11.3. The summed E-state index contributed by atoms with van der Waals surface area (Å²) in [5.74, 6) is -0.448.